The number of nitrogens with two attached hydrogens (primary N) is 1. The summed E-state index contributed by atoms with van der Waals surface area (Å²) in [7, 11) is 0. The lowest BCUT2D eigenvalue weighted by Crippen LogP contribution is -2.08. The lowest BCUT2D eigenvalue weighted by Gasteiger charge is -2.11. The lowest BCUT2D eigenvalue weighted by atomic mass is 10.2. The van der Waals surface area contributed by atoms with Crippen molar-refractivity contribution in [1.82, 2.24) is 9.97 Å². The summed E-state index contributed by atoms with van der Waals surface area (Å²) in [6, 6.07) is 12.8. The summed E-state index contributed by atoms with van der Waals surface area (Å²) in [6.45, 7) is 1.95. The number of benzene rings is 2. The van der Waals surface area contributed by atoms with Crippen LogP contribution in [-0.4, -0.2) is 14.9 Å². The molecule has 3 rings (SSSR count). The Bertz CT molecular complexity index is 945. The van der Waals surface area contributed by atoms with Crippen LogP contribution >= 0.6 is 0 Å². The zero-order chi connectivity index (χ0) is 18.7. The van der Waals surface area contributed by atoms with Crippen molar-refractivity contribution >= 4 is 34.6 Å². The van der Waals surface area contributed by atoms with Gasteiger partial charge >= 0.3 is 5.69 Å². The summed E-state index contributed by atoms with van der Waals surface area (Å²) < 4.78 is 13.0. The molecule has 9 heteroatoms. The van der Waals surface area contributed by atoms with Crippen molar-refractivity contribution < 1.29 is 9.31 Å². The van der Waals surface area contributed by atoms with Crippen molar-refractivity contribution in [2.75, 3.05) is 16.4 Å². The highest BCUT2D eigenvalue weighted by Crippen LogP contribution is 2.32. The van der Waals surface area contributed by atoms with Crippen LogP contribution in [0.4, 0.5) is 39.0 Å². The molecule has 26 heavy (non-hydrogen) atoms. The first-order valence-electron chi connectivity index (χ1n) is 7.60. The molecule has 0 unspecified atom stereocenters. The summed E-state index contributed by atoms with van der Waals surface area (Å²) in [5, 5.41) is 17.0. The summed E-state index contributed by atoms with van der Waals surface area (Å²) in [6.07, 6.45) is 0. The van der Waals surface area contributed by atoms with Crippen LogP contribution < -0.4 is 16.4 Å². The molecule has 0 aliphatic carbocycles. The Labute approximate surface area is 148 Å². The van der Waals surface area contributed by atoms with Gasteiger partial charge in [-0.15, -0.1) is 0 Å². The molecular formula is C17H15FN6O2. The van der Waals surface area contributed by atoms with Crippen molar-refractivity contribution in [3.05, 3.63) is 70.0 Å². The number of hydrogen-bond acceptors (Lipinski definition) is 7. The maximum absolute atomic E-state index is 13.0. The van der Waals surface area contributed by atoms with E-state index in [4.69, 9.17) is 5.73 Å². The normalized spacial score (nSPS) is 10.4. The number of hydrogen-bond donors (Lipinski definition) is 3. The van der Waals surface area contributed by atoms with Gasteiger partial charge in [0.2, 0.25) is 17.6 Å². The Kier molecular flexibility index (Phi) is 4.61. The van der Waals surface area contributed by atoms with E-state index in [1.165, 1.54) is 24.3 Å². The van der Waals surface area contributed by atoms with Gasteiger partial charge in [0, 0.05) is 11.4 Å². The number of nitro groups is 1. The van der Waals surface area contributed by atoms with Crippen molar-refractivity contribution in [1.29, 1.82) is 0 Å². The van der Waals surface area contributed by atoms with Gasteiger partial charge in [-0.05, 0) is 43.3 Å². The number of halogens is 1. The molecule has 8 nitrogen and oxygen atoms in total. The molecule has 0 saturated carbocycles. The molecule has 0 aliphatic rings. The average molecular weight is 354 g/mol. The number of aromatic nitrogens is 2. The van der Waals surface area contributed by atoms with Crippen molar-refractivity contribution in [2.24, 2.45) is 0 Å². The van der Waals surface area contributed by atoms with Gasteiger partial charge in [-0.3, -0.25) is 10.1 Å². The van der Waals surface area contributed by atoms with E-state index in [1.54, 1.807) is 0 Å². The van der Waals surface area contributed by atoms with Crippen LogP contribution in [0.1, 0.15) is 5.56 Å². The highest BCUT2D eigenvalue weighted by Gasteiger charge is 2.23. The molecule has 1 aromatic heterocycles. The predicted octanol–water partition coefficient (Wildman–Crippen LogP) is 3.90. The summed E-state index contributed by atoms with van der Waals surface area (Å²) in [5.74, 6) is -0.705. The zero-order valence-electron chi connectivity index (χ0n) is 13.7. The second-order valence-electron chi connectivity index (χ2n) is 5.51. The van der Waals surface area contributed by atoms with E-state index in [0.29, 0.717) is 11.4 Å². The molecule has 1 heterocycles. The fourth-order valence-electron chi connectivity index (χ4n) is 2.23. The number of aryl methyl sites for hydroxylation is 1. The summed E-state index contributed by atoms with van der Waals surface area (Å²) >= 11 is 0. The van der Waals surface area contributed by atoms with Crippen molar-refractivity contribution in [3.8, 4) is 0 Å². The first-order chi connectivity index (χ1) is 12.4. The molecule has 0 aliphatic heterocycles. The van der Waals surface area contributed by atoms with Crippen molar-refractivity contribution in [3.63, 3.8) is 0 Å². The highest BCUT2D eigenvalue weighted by atomic mass is 19.1. The SMILES string of the molecule is Cc1ccc(Nc2nc(N)c([N+](=O)[O-])c(Nc3ccc(F)cc3)n2)cc1. The van der Waals surface area contributed by atoms with E-state index in [1.807, 2.05) is 31.2 Å². The summed E-state index contributed by atoms with van der Waals surface area (Å²) in [4.78, 5) is 18.7. The highest BCUT2D eigenvalue weighted by molar-refractivity contribution is 5.75. The van der Waals surface area contributed by atoms with Gasteiger partial charge in [-0.25, -0.2) is 4.39 Å². The fraction of sp³-hybridized carbons (Fsp3) is 0.0588. The minimum atomic E-state index is -0.670. The minimum Gasteiger partial charge on any atom is -0.378 e. The maximum atomic E-state index is 13.0. The second-order valence-corrected chi connectivity index (χ2v) is 5.51. The Hall–Kier alpha value is -3.75. The van der Waals surface area contributed by atoms with E-state index < -0.39 is 16.4 Å². The molecule has 0 saturated heterocycles. The monoisotopic (exact) mass is 354 g/mol. The molecule has 0 spiro atoms. The molecule has 132 valence electrons. The zero-order valence-corrected chi connectivity index (χ0v) is 13.7. The van der Waals surface area contributed by atoms with E-state index in [2.05, 4.69) is 20.6 Å². The molecule has 4 N–H and O–H groups in total. The van der Waals surface area contributed by atoms with Gasteiger partial charge < -0.3 is 16.4 Å². The van der Waals surface area contributed by atoms with E-state index >= 15 is 0 Å². The van der Waals surface area contributed by atoms with Crippen LogP contribution in [0.25, 0.3) is 0 Å². The van der Waals surface area contributed by atoms with E-state index in [9.17, 15) is 14.5 Å². The third kappa shape index (κ3) is 3.83. The maximum Gasteiger partial charge on any atom is 0.353 e. The van der Waals surface area contributed by atoms with E-state index in [0.717, 1.165) is 5.56 Å². The first kappa shape index (κ1) is 17.1. The third-order valence-corrected chi connectivity index (χ3v) is 3.51. The van der Waals surface area contributed by atoms with Gasteiger partial charge in [0.1, 0.15) is 5.82 Å². The second kappa shape index (κ2) is 7.01. The lowest BCUT2D eigenvalue weighted by molar-refractivity contribution is -0.383. The van der Waals surface area contributed by atoms with Gasteiger partial charge in [-0.1, -0.05) is 17.7 Å². The molecule has 3 aromatic rings. The van der Waals surface area contributed by atoms with Crippen LogP contribution in [0.2, 0.25) is 0 Å². The number of nitrogen functional groups attached to an aromatic ring is 1. The Morgan fingerprint density at radius 3 is 2.19 bits per heavy atom. The number of anilines is 5. The molecular weight excluding hydrogens is 339 g/mol. The fourth-order valence-corrected chi connectivity index (χ4v) is 2.23. The minimum absolute atomic E-state index is 0.0938. The van der Waals surface area contributed by atoms with Gasteiger partial charge in [0.15, 0.2) is 0 Å². The quantitative estimate of drug-likeness (QED) is 0.469. The third-order valence-electron chi connectivity index (χ3n) is 3.51. The number of nitrogens with zero attached hydrogens (tertiary/aromatic N) is 3. The van der Waals surface area contributed by atoms with Crippen LogP contribution in [0.5, 0.6) is 0 Å². The Balaban J connectivity index is 1.97. The van der Waals surface area contributed by atoms with Crippen LogP contribution in [0.15, 0.2) is 48.5 Å². The Morgan fingerprint density at radius 2 is 1.58 bits per heavy atom. The molecule has 0 atom stereocenters. The Morgan fingerprint density at radius 1 is 1.00 bits per heavy atom. The number of nitrogens with one attached hydrogen (secondary N) is 2. The van der Waals surface area contributed by atoms with Crippen molar-refractivity contribution in [2.45, 2.75) is 6.92 Å². The van der Waals surface area contributed by atoms with Crippen LogP contribution in [0, 0.1) is 22.9 Å². The largest absolute Gasteiger partial charge is 0.378 e. The topological polar surface area (TPSA) is 119 Å². The first-order valence-corrected chi connectivity index (χ1v) is 7.60. The smallest absolute Gasteiger partial charge is 0.353 e. The molecule has 0 amide bonds. The molecule has 0 radical (unpaired) electrons. The van der Waals surface area contributed by atoms with Crippen LogP contribution in [0.3, 0.4) is 0 Å². The summed E-state index contributed by atoms with van der Waals surface area (Å²) in [5.41, 5.74) is 7.50. The molecule has 2 aromatic carbocycles. The van der Waals surface area contributed by atoms with Gasteiger partial charge in [0.05, 0.1) is 4.92 Å². The number of rotatable bonds is 5. The molecule has 0 fully saturated rings. The van der Waals surface area contributed by atoms with Gasteiger partial charge in [-0.2, -0.15) is 9.97 Å². The predicted molar refractivity (Wildman–Crippen MR) is 97.2 cm³/mol. The van der Waals surface area contributed by atoms with Gasteiger partial charge in [0.25, 0.3) is 0 Å². The van der Waals surface area contributed by atoms with Crippen LogP contribution in [-0.2, 0) is 0 Å². The van der Waals surface area contributed by atoms with E-state index in [-0.39, 0.29) is 17.6 Å². The standard InChI is InChI=1S/C17H15FN6O2/c1-10-2-6-13(7-3-10)21-17-22-15(19)14(24(25)26)16(23-17)20-12-8-4-11(18)5-9-12/h2-9H,1H3,(H4,19,20,21,22,23). The average Bonchev–Trinajstić information content (AvgIpc) is 2.58. The molecule has 0 bridgehead atoms.